The lowest BCUT2D eigenvalue weighted by atomic mass is 9.88. The van der Waals surface area contributed by atoms with E-state index in [2.05, 4.69) is 11.7 Å². The van der Waals surface area contributed by atoms with Crippen molar-refractivity contribution >= 4 is 11.9 Å². The van der Waals surface area contributed by atoms with Crippen LogP contribution in [0, 0.1) is 5.92 Å². The molecular formula is C14H25NO3. The molecule has 0 saturated heterocycles. The molecule has 0 aromatic rings. The predicted octanol–water partition coefficient (Wildman–Crippen LogP) is 2.37. The van der Waals surface area contributed by atoms with Crippen LogP contribution in [0.3, 0.4) is 0 Å². The van der Waals surface area contributed by atoms with Gasteiger partial charge in [0.25, 0.3) is 0 Å². The van der Waals surface area contributed by atoms with Gasteiger partial charge in [-0.3, -0.25) is 9.59 Å². The van der Waals surface area contributed by atoms with Crippen molar-refractivity contribution in [1.29, 1.82) is 0 Å². The van der Waals surface area contributed by atoms with Crippen molar-refractivity contribution in [3.05, 3.63) is 0 Å². The molecule has 1 fully saturated rings. The van der Waals surface area contributed by atoms with E-state index in [1.165, 1.54) is 13.5 Å². The van der Waals surface area contributed by atoms with E-state index in [1.807, 2.05) is 4.90 Å². The van der Waals surface area contributed by atoms with Gasteiger partial charge in [0.1, 0.15) is 0 Å². The fourth-order valence-electron chi connectivity index (χ4n) is 2.54. The number of ether oxygens (including phenoxy) is 1. The summed E-state index contributed by atoms with van der Waals surface area (Å²) < 4.78 is 4.63. The van der Waals surface area contributed by atoms with E-state index in [9.17, 15) is 9.59 Å². The van der Waals surface area contributed by atoms with Gasteiger partial charge in [-0.25, -0.2) is 0 Å². The van der Waals surface area contributed by atoms with E-state index >= 15 is 0 Å². The molecule has 4 nitrogen and oxygen atoms in total. The Bertz CT molecular complexity index is 272. The third-order valence-corrected chi connectivity index (χ3v) is 3.57. The average Bonchev–Trinajstić information content (AvgIpc) is 2.43. The summed E-state index contributed by atoms with van der Waals surface area (Å²) in [7, 11) is 1.38. The highest BCUT2D eigenvalue weighted by Crippen LogP contribution is 2.25. The highest BCUT2D eigenvalue weighted by Gasteiger charge is 2.25. The molecular weight excluding hydrogens is 230 g/mol. The van der Waals surface area contributed by atoms with Crippen LogP contribution in [0.25, 0.3) is 0 Å². The Morgan fingerprint density at radius 3 is 2.39 bits per heavy atom. The van der Waals surface area contributed by atoms with E-state index in [0.717, 1.165) is 38.6 Å². The topological polar surface area (TPSA) is 46.6 Å². The first-order valence-corrected chi connectivity index (χ1v) is 7.04. The van der Waals surface area contributed by atoms with Crippen molar-refractivity contribution in [2.75, 3.05) is 20.2 Å². The largest absolute Gasteiger partial charge is 0.469 e. The summed E-state index contributed by atoms with van der Waals surface area (Å²) in [6, 6.07) is 0. The quantitative estimate of drug-likeness (QED) is 0.685. The second-order valence-electron chi connectivity index (χ2n) is 4.99. The zero-order valence-corrected chi connectivity index (χ0v) is 11.6. The summed E-state index contributed by atoms with van der Waals surface area (Å²) in [6.45, 7) is 3.29. The maximum absolute atomic E-state index is 12.4. The molecule has 1 aliphatic rings. The first-order chi connectivity index (χ1) is 8.69. The Hall–Kier alpha value is -1.06. The Labute approximate surface area is 110 Å². The van der Waals surface area contributed by atoms with Gasteiger partial charge in [-0.1, -0.05) is 26.2 Å². The summed E-state index contributed by atoms with van der Waals surface area (Å²) in [5.41, 5.74) is 0. The van der Waals surface area contributed by atoms with Crippen LogP contribution in [-0.4, -0.2) is 37.0 Å². The molecule has 4 heteroatoms. The van der Waals surface area contributed by atoms with Gasteiger partial charge in [0.05, 0.1) is 13.5 Å². The van der Waals surface area contributed by atoms with Gasteiger partial charge in [0.15, 0.2) is 0 Å². The Kier molecular flexibility index (Phi) is 6.76. The van der Waals surface area contributed by atoms with E-state index in [-0.39, 0.29) is 17.8 Å². The van der Waals surface area contributed by atoms with E-state index in [1.54, 1.807) is 0 Å². The molecule has 1 rings (SSSR count). The molecule has 0 heterocycles. The molecule has 1 aliphatic carbocycles. The van der Waals surface area contributed by atoms with Crippen LogP contribution < -0.4 is 0 Å². The van der Waals surface area contributed by atoms with Crippen molar-refractivity contribution in [1.82, 2.24) is 4.90 Å². The van der Waals surface area contributed by atoms with Gasteiger partial charge in [0, 0.05) is 19.0 Å². The second kappa shape index (κ2) is 8.11. The molecule has 18 heavy (non-hydrogen) atoms. The lowest BCUT2D eigenvalue weighted by Gasteiger charge is -2.29. The predicted molar refractivity (Wildman–Crippen MR) is 70.1 cm³/mol. The molecule has 0 spiro atoms. The van der Waals surface area contributed by atoms with Crippen LogP contribution in [-0.2, 0) is 14.3 Å². The van der Waals surface area contributed by atoms with Crippen molar-refractivity contribution in [3.8, 4) is 0 Å². The van der Waals surface area contributed by atoms with Gasteiger partial charge >= 0.3 is 5.97 Å². The van der Waals surface area contributed by atoms with Crippen LogP contribution in [0.4, 0.5) is 0 Å². The van der Waals surface area contributed by atoms with E-state index in [4.69, 9.17) is 0 Å². The number of rotatable bonds is 6. The summed E-state index contributed by atoms with van der Waals surface area (Å²) in [5, 5.41) is 0. The molecule has 0 radical (unpaired) electrons. The zero-order chi connectivity index (χ0) is 13.4. The SMILES string of the molecule is CCCN(CCC(=O)OC)C(=O)C1CCCCC1. The Morgan fingerprint density at radius 1 is 1.17 bits per heavy atom. The van der Waals surface area contributed by atoms with Gasteiger partial charge < -0.3 is 9.64 Å². The lowest BCUT2D eigenvalue weighted by Crippen LogP contribution is -2.39. The average molecular weight is 255 g/mol. The summed E-state index contributed by atoms with van der Waals surface area (Å²) in [5.74, 6) is 0.177. The molecule has 0 aromatic carbocycles. The summed E-state index contributed by atoms with van der Waals surface area (Å²) >= 11 is 0. The number of nitrogens with zero attached hydrogens (tertiary/aromatic N) is 1. The maximum atomic E-state index is 12.4. The summed E-state index contributed by atoms with van der Waals surface area (Å²) in [4.78, 5) is 25.4. The Morgan fingerprint density at radius 2 is 1.83 bits per heavy atom. The van der Waals surface area contributed by atoms with Crippen LogP contribution >= 0.6 is 0 Å². The molecule has 104 valence electrons. The third-order valence-electron chi connectivity index (χ3n) is 3.57. The molecule has 0 aromatic heterocycles. The van der Waals surface area contributed by atoms with Crippen LogP contribution in [0.2, 0.25) is 0 Å². The number of carbonyl (C=O) groups is 2. The highest BCUT2D eigenvalue weighted by atomic mass is 16.5. The molecule has 0 aliphatic heterocycles. The van der Waals surface area contributed by atoms with Gasteiger partial charge in [0.2, 0.25) is 5.91 Å². The van der Waals surface area contributed by atoms with Crippen molar-refractivity contribution in [2.24, 2.45) is 5.92 Å². The maximum Gasteiger partial charge on any atom is 0.307 e. The zero-order valence-electron chi connectivity index (χ0n) is 11.6. The number of methoxy groups -OCH3 is 1. The molecule has 1 amide bonds. The molecule has 0 bridgehead atoms. The lowest BCUT2D eigenvalue weighted by molar-refractivity contribution is -0.142. The highest BCUT2D eigenvalue weighted by molar-refractivity contribution is 5.79. The first-order valence-electron chi connectivity index (χ1n) is 7.04. The van der Waals surface area contributed by atoms with Crippen molar-refractivity contribution < 1.29 is 14.3 Å². The number of esters is 1. The molecule has 0 N–H and O–H groups in total. The van der Waals surface area contributed by atoms with Crippen LogP contribution in [0.5, 0.6) is 0 Å². The third kappa shape index (κ3) is 4.67. The van der Waals surface area contributed by atoms with Gasteiger partial charge in [-0.05, 0) is 19.3 Å². The van der Waals surface area contributed by atoms with Crippen LogP contribution in [0.15, 0.2) is 0 Å². The minimum absolute atomic E-state index is 0.183. The number of hydrogen-bond acceptors (Lipinski definition) is 3. The normalized spacial score (nSPS) is 16.3. The summed E-state index contributed by atoms with van der Waals surface area (Å²) in [6.07, 6.45) is 6.82. The number of hydrogen-bond donors (Lipinski definition) is 0. The van der Waals surface area contributed by atoms with E-state index < -0.39 is 0 Å². The fraction of sp³-hybridized carbons (Fsp3) is 0.857. The monoisotopic (exact) mass is 255 g/mol. The van der Waals surface area contributed by atoms with Crippen molar-refractivity contribution in [2.45, 2.75) is 51.9 Å². The van der Waals surface area contributed by atoms with Crippen molar-refractivity contribution in [3.63, 3.8) is 0 Å². The standard InChI is InChI=1S/C14H25NO3/c1-3-10-15(11-9-13(16)18-2)14(17)12-7-5-4-6-8-12/h12H,3-11H2,1-2H3. The number of carbonyl (C=O) groups excluding carboxylic acids is 2. The van der Waals surface area contributed by atoms with Gasteiger partial charge in [-0.2, -0.15) is 0 Å². The smallest absolute Gasteiger partial charge is 0.307 e. The van der Waals surface area contributed by atoms with E-state index in [0.29, 0.717) is 13.0 Å². The molecule has 0 atom stereocenters. The van der Waals surface area contributed by atoms with Gasteiger partial charge in [-0.15, -0.1) is 0 Å². The Balaban J connectivity index is 2.48. The second-order valence-corrected chi connectivity index (χ2v) is 4.99. The molecule has 1 saturated carbocycles. The number of amides is 1. The first kappa shape index (κ1) is 15.0. The minimum Gasteiger partial charge on any atom is -0.469 e. The minimum atomic E-state index is -0.243. The molecule has 0 unspecified atom stereocenters. The van der Waals surface area contributed by atoms with Crippen LogP contribution in [0.1, 0.15) is 51.9 Å². The fourth-order valence-corrected chi connectivity index (χ4v) is 2.54.